The molecule has 2 aromatic rings. The van der Waals surface area contributed by atoms with E-state index in [1.54, 1.807) is 18.2 Å². The summed E-state index contributed by atoms with van der Waals surface area (Å²) in [6.45, 7) is 10.2. The fourth-order valence-electron chi connectivity index (χ4n) is 2.22. The van der Waals surface area contributed by atoms with Gasteiger partial charge in [-0.15, -0.1) is 0 Å². The van der Waals surface area contributed by atoms with Crippen molar-refractivity contribution < 1.29 is 35.3 Å². The third-order valence-corrected chi connectivity index (χ3v) is 10.4. The van der Waals surface area contributed by atoms with Crippen LogP contribution in [0, 0.1) is 0 Å². The third-order valence-electron chi connectivity index (χ3n) is 4.97. The van der Waals surface area contributed by atoms with Crippen LogP contribution in [0.4, 0.5) is 13.2 Å². The van der Waals surface area contributed by atoms with Gasteiger partial charge in [0.1, 0.15) is 6.10 Å². The third kappa shape index (κ3) is 5.27. The van der Waals surface area contributed by atoms with E-state index < -0.39 is 35.9 Å². The molecule has 0 bridgehead atoms. The molecule has 1 N–H and O–H groups in total. The molecule has 0 saturated carbocycles. The topological polar surface area (TPSA) is 85.7 Å². The molecule has 1 atom stereocenters. The Bertz CT molecular complexity index is 987. The van der Waals surface area contributed by atoms with Gasteiger partial charge in [-0.25, -0.2) is 4.98 Å². The van der Waals surface area contributed by atoms with Crippen LogP contribution in [0.5, 0.6) is 5.88 Å². The van der Waals surface area contributed by atoms with E-state index in [2.05, 4.69) is 29.9 Å². The van der Waals surface area contributed by atoms with E-state index in [0.29, 0.717) is 10.9 Å². The van der Waals surface area contributed by atoms with Gasteiger partial charge in [0.25, 0.3) is 0 Å². The Balaban J connectivity index is 2.35. The van der Waals surface area contributed by atoms with E-state index >= 15 is 0 Å². The van der Waals surface area contributed by atoms with Crippen molar-refractivity contribution in [3.8, 4) is 5.88 Å². The van der Waals surface area contributed by atoms with Crippen LogP contribution in [0.3, 0.4) is 0 Å². The molecule has 29 heavy (non-hydrogen) atoms. The number of benzene rings is 1. The van der Waals surface area contributed by atoms with Crippen LogP contribution < -0.4 is 4.18 Å². The second kappa shape index (κ2) is 7.86. The highest BCUT2D eigenvalue weighted by Crippen LogP contribution is 2.37. The van der Waals surface area contributed by atoms with E-state index in [-0.39, 0.29) is 17.2 Å². The zero-order chi connectivity index (χ0) is 22.3. The van der Waals surface area contributed by atoms with Crippen LogP contribution in [0.15, 0.2) is 30.3 Å². The number of hydrogen-bond acceptors (Lipinski definition) is 6. The first-order valence-corrected chi connectivity index (χ1v) is 13.1. The van der Waals surface area contributed by atoms with Gasteiger partial charge < -0.3 is 13.7 Å². The van der Waals surface area contributed by atoms with Gasteiger partial charge in [0.2, 0.25) is 5.88 Å². The summed E-state index contributed by atoms with van der Waals surface area (Å²) < 4.78 is 70.2. The molecule has 1 heterocycles. The van der Waals surface area contributed by atoms with Gasteiger partial charge in [0.15, 0.2) is 8.32 Å². The molecule has 0 aliphatic carbocycles. The predicted molar refractivity (Wildman–Crippen MR) is 105 cm³/mol. The monoisotopic (exact) mass is 451 g/mol. The normalized spacial score (nSPS) is 14.8. The summed E-state index contributed by atoms with van der Waals surface area (Å²) in [5.74, 6) is -0.736. The van der Waals surface area contributed by atoms with E-state index in [1.807, 2.05) is 13.1 Å². The van der Waals surface area contributed by atoms with Gasteiger partial charge in [-0.3, -0.25) is 0 Å². The lowest BCUT2D eigenvalue weighted by Crippen LogP contribution is -2.41. The number of fused-ring (bicyclic) bond motifs is 1. The number of aliphatic hydroxyl groups is 1. The molecule has 162 valence electrons. The standard InChI is InChI=1S/C18H24F3NO5SSi/c1-17(2,3)29(4,5)26-11-14(23)13-8-6-7-12-9-10-15(22-16(12)13)27-28(24,25)18(19,20)21/h6-10,14,23H,11H2,1-5H3. The fraction of sp³-hybridized carbons (Fsp3) is 0.500. The van der Waals surface area contributed by atoms with E-state index in [4.69, 9.17) is 4.43 Å². The molecule has 1 aromatic carbocycles. The summed E-state index contributed by atoms with van der Waals surface area (Å²) in [7, 11) is -7.98. The summed E-state index contributed by atoms with van der Waals surface area (Å²) in [4.78, 5) is 3.88. The Morgan fingerprint density at radius 1 is 1.14 bits per heavy atom. The average Bonchev–Trinajstić information content (AvgIpc) is 2.57. The van der Waals surface area contributed by atoms with Crippen molar-refractivity contribution in [3.05, 3.63) is 35.9 Å². The van der Waals surface area contributed by atoms with Crippen molar-refractivity contribution in [1.82, 2.24) is 4.98 Å². The van der Waals surface area contributed by atoms with Gasteiger partial charge in [-0.1, -0.05) is 39.0 Å². The lowest BCUT2D eigenvalue weighted by Gasteiger charge is -2.36. The molecule has 1 aromatic heterocycles. The van der Waals surface area contributed by atoms with Crippen LogP contribution in [-0.4, -0.2) is 38.9 Å². The van der Waals surface area contributed by atoms with Crippen LogP contribution in [-0.2, 0) is 14.5 Å². The largest absolute Gasteiger partial charge is 0.534 e. The SMILES string of the molecule is CC(C)(C)[Si](C)(C)OCC(O)c1cccc2ccc(OS(=O)(=O)C(F)(F)F)nc12. The second-order valence-electron chi connectivity index (χ2n) is 8.14. The van der Waals surface area contributed by atoms with Crippen LogP contribution >= 0.6 is 0 Å². The second-order valence-corrected chi connectivity index (χ2v) is 14.5. The van der Waals surface area contributed by atoms with Crippen molar-refractivity contribution in [2.24, 2.45) is 0 Å². The van der Waals surface area contributed by atoms with Gasteiger partial charge in [0.05, 0.1) is 12.1 Å². The molecule has 1 unspecified atom stereocenters. The van der Waals surface area contributed by atoms with E-state index in [1.165, 1.54) is 6.07 Å². The number of pyridine rings is 1. The molecule has 0 aliphatic rings. The highest BCUT2D eigenvalue weighted by Gasteiger charge is 2.48. The van der Waals surface area contributed by atoms with Crippen molar-refractivity contribution in [2.75, 3.05) is 6.61 Å². The number of rotatable bonds is 6. The molecular weight excluding hydrogens is 427 g/mol. The summed E-state index contributed by atoms with van der Waals surface area (Å²) in [6, 6.07) is 7.23. The van der Waals surface area contributed by atoms with Gasteiger partial charge in [0, 0.05) is 17.0 Å². The van der Waals surface area contributed by atoms with Gasteiger partial charge >= 0.3 is 15.6 Å². The van der Waals surface area contributed by atoms with Crippen molar-refractivity contribution >= 4 is 29.3 Å². The number of para-hydroxylation sites is 1. The molecule has 0 aliphatic heterocycles. The van der Waals surface area contributed by atoms with Gasteiger partial charge in [-0.2, -0.15) is 21.6 Å². The number of halogens is 3. The maximum atomic E-state index is 12.6. The molecule has 6 nitrogen and oxygen atoms in total. The molecule has 2 rings (SSSR count). The smallest absolute Gasteiger partial charge is 0.414 e. The summed E-state index contributed by atoms with van der Waals surface area (Å²) in [6.07, 6.45) is -1.10. The molecule has 0 fully saturated rings. The first kappa shape index (κ1) is 23.6. The van der Waals surface area contributed by atoms with Crippen LogP contribution in [0.2, 0.25) is 18.1 Å². The molecule has 0 spiro atoms. The Labute approximate surface area is 168 Å². The van der Waals surface area contributed by atoms with Crippen molar-refractivity contribution in [1.29, 1.82) is 0 Å². The Hall–Kier alpha value is -1.69. The maximum Gasteiger partial charge on any atom is 0.534 e. The number of aliphatic hydroxyl groups excluding tert-OH is 1. The van der Waals surface area contributed by atoms with Crippen molar-refractivity contribution in [3.63, 3.8) is 0 Å². The lowest BCUT2D eigenvalue weighted by atomic mass is 10.1. The lowest BCUT2D eigenvalue weighted by molar-refractivity contribution is -0.0501. The number of hydrogen-bond donors (Lipinski definition) is 1. The maximum absolute atomic E-state index is 12.6. The number of aromatic nitrogens is 1. The molecule has 0 radical (unpaired) electrons. The Kier molecular flexibility index (Phi) is 6.39. The van der Waals surface area contributed by atoms with Crippen molar-refractivity contribution in [2.45, 2.75) is 50.5 Å². The Morgan fingerprint density at radius 3 is 2.31 bits per heavy atom. The summed E-state index contributed by atoms with van der Waals surface area (Å²) in [5, 5.41) is 11.1. The zero-order valence-corrected chi connectivity index (χ0v) is 18.6. The van der Waals surface area contributed by atoms with Crippen LogP contribution in [0.25, 0.3) is 10.9 Å². The molecule has 0 saturated heterocycles. The number of nitrogens with zero attached hydrogens (tertiary/aromatic N) is 1. The van der Waals surface area contributed by atoms with E-state index in [9.17, 15) is 26.7 Å². The first-order valence-electron chi connectivity index (χ1n) is 8.78. The Morgan fingerprint density at radius 2 is 1.76 bits per heavy atom. The minimum absolute atomic E-state index is 0.0246. The highest BCUT2D eigenvalue weighted by atomic mass is 32.2. The minimum atomic E-state index is -5.84. The summed E-state index contributed by atoms with van der Waals surface area (Å²) in [5.41, 5.74) is -5.13. The molecule has 0 amide bonds. The molecular formula is C18H24F3NO5SSi. The van der Waals surface area contributed by atoms with Crippen LogP contribution in [0.1, 0.15) is 32.4 Å². The predicted octanol–water partition coefficient (Wildman–Crippen LogP) is 4.52. The number of alkyl halides is 3. The van der Waals surface area contributed by atoms with E-state index in [0.717, 1.165) is 6.07 Å². The highest BCUT2D eigenvalue weighted by molar-refractivity contribution is 7.87. The molecule has 11 heteroatoms. The summed E-state index contributed by atoms with van der Waals surface area (Å²) >= 11 is 0. The minimum Gasteiger partial charge on any atom is -0.414 e. The zero-order valence-electron chi connectivity index (χ0n) is 16.7. The quantitative estimate of drug-likeness (QED) is 0.395. The average molecular weight is 452 g/mol. The van der Waals surface area contributed by atoms with Gasteiger partial charge in [-0.05, 0) is 24.2 Å². The fourth-order valence-corrected chi connectivity index (χ4v) is 3.64. The first-order chi connectivity index (χ1) is 13.1.